The van der Waals surface area contributed by atoms with Crippen LogP contribution in [-0.4, -0.2) is 30.6 Å². The lowest BCUT2D eigenvalue weighted by Gasteiger charge is -2.43. The highest BCUT2D eigenvalue weighted by Crippen LogP contribution is 2.33. The maximum absolute atomic E-state index is 5.91. The summed E-state index contributed by atoms with van der Waals surface area (Å²) in [5, 5.41) is 0. The molecule has 1 rings (SSSR count). The van der Waals surface area contributed by atoms with Gasteiger partial charge in [-0.1, -0.05) is 34.6 Å². The maximum Gasteiger partial charge on any atom is 0.0121 e. The van der Waals surface area contributed by atoms with Crippen molar-refractivity contribution in [2.24, 2.45) is 23.0 Å². The lowest BCUT2D eigenvalue weighted by Crippen LogP contribution is -2.48. The second-order valence-corrected chi connectivity index (χ2v) is 7.30. The minimum atomic E-state index is 0.248. The van der Waals surface area contributed by atoms with Crippen LogP contribution in [0, 0.1) is 17.3 Å². The highest BCUT2D eigenvalue weighted by Gasteiger charge is 2.32. The summed E-state index contributed by atoms with van der Waals surface area (Å²) in [7, 11) is 0. The van der Waals surface area contributed by atoms with E-state index in [1.54, 1.807) is 0 Å². The molecule has 108 valence electrons. The normalized spacial score (nSPS) is 29.8. The maximum atomic E-state index is 5.91. The van der Waals surface area contributed by atoms with E-state index in [9.17, 15) is 0 Å². The first-order chi connectivity index (χ1) is 8.39. The van der Waals surface area contributed by atoms with Gasteiger partial charge in [0.2, 0.25) is 0 Å². The summed E-state index contributed by atoms with van der Waals surface area (Å²) < 4.78 is 0. The lowest BCUT2D eigenvalue weighted by molar-refractivity contribution is 0.0621. The summed E-state index contributed by atoms with van der Waals surface area (Å²) >= 11 is 0. The van der Waals surface area contributed by atoms with Gasteiger partial charge >= 0.3 is 0 Å². The Bertz CT molecular complexity index is 237. The van der Waals surface area contributed by atoms with Crippen LogP contribution >= 0.6 is 0 Å². The molecule has 3 atom stereocenters. The Morgan fingerprint density at radius 1 is 1.22 bits per heavy atom. The molecule has 0 aliphatic heterocycles. The summed E-state index contributed by atoms with van der Waals surface area (Å²) in [6.07, 6.45) is 5.43. The fourth-order valence-corrected chi connectivity index (χ4v) is 3.46. The van der Waals surface area contributed by atoms with E-state index in [1.165, 1.54) is 32.2 Å². The molecule has 0 saturated heterocycles. The molecule has 0 aromatic rings. The third-order valence-electron chi connectivity index (χ3n) is 4.55. The van der Waals surface area contributed by atoms with E-state index >= 15 is 0 Å². The third kappa shape index (κ3) is 4.55. The van der Waals surface area contributed by atoms with Crippen molar-refractivity contribution < 1.29 is 0 Å². The van der Waals surface area contributed by atoms with Crippen molar-refractivity contribution in [1.82, 2.24) is 4.90 Å². The SMILES string of the molecule is CCCN(CC(C)(C)CN)C1CCC(C)CC1C. The van der Waals surface area contributed by atoms with Gasteiger partial charge < -0.3 is 5.73 Å². The van der Waals surface area contributed by atoms with Gasteiger partial charge in [0, 0.05) is 12.6 Å². The van der Waals surface area contributed by atoms with Gasteiger partial charge in [0.05, 0.1) is 0 Å². The van der Waals surface area contributed by atoms with Crippen LogP contribution in [0.15, 0.2) is 0 Å². The van der Waals surface area contributed by atoms with Crippen molar-refractivity contribution in [2.75, 3.05) is 19.6 Å². The van der Waals surface area contributed by atoms with Gasteiger partial charge in [-0.3, -0.25) is 4.90 Å². The smallest absolute Gasteiger partial charge is 0.0121 e. The van der Waals surface area contributed by atoms with Crippen molar-refractivity contribution in [3.8, 4) is 0 Å². The Balaban J connectivity index is 2.66. The van der Waals surface area contributed by atoms with Crippen LogP contribution in [0.25, 0.3) is 0 Å². The molecule has 1 fully saturated rings. The van der Waals surface area contributed by atoms with E-state index in [4.69, 9.17) is 5.73 Å². The molecule has 3 unspecified atom stereocenters. The molecule has 0 amide bonds. The predicted molar refractivity (Wildman–Crippen MR) is 80.7 cm³/mol. The third-order valence-corrected chi connectivity index (χ3v) is 4.55. The van der Waals surface area contributed by atoms with E-state index in [0.29, 0.717) is 0 Å². The molecule has 2 N–H and O–H groups in total. The molecule has 1 saturated carbocycles. The summed E-state index contributed by atoms with van der Waals surface area (Å²) in [6.45, 7) is 14.9. The highest BCUT2D eigenvalue weighted by molar-refractivity contribution is 4.86. The molecule has 0 heterocycles. The van der Waals surface area contributed by atoms with Crippen molar-refractivity contribution in [2.45, 2.75) is 66.3 Å². The fraction of sp³-hybridized carbons (Fsp3) is 1.00. The van der Waals surface area contributed by atoms with Gasteiger partial charge in [-0.05, 0) is 56.0 Å². The predicted octanol–water partition coefficient (Wildman–Crippen LogP) is 3.51. The van der Waals surface area contributed by atoms with Crippen molar-refractivity contribution in [3.63, 3.8) is 0 Å². The van der Waals surface area contributed by atoms with E-state index in [0.717, 1.165) is 31.0 Å². The summed E-state index contributed by atoms with van der Waals surface area (Å²) in [5.41, 5.74) is 6.16. The van der Waals surface area contributed by atoms with Gasteiger partial charge in [-0.25, -0.2) is 0 Å². The van der Waals surface area contributed by atoms with Gasteiger partial charge in [0.15, 0.2) is 0 Å². The standard InChI is InChI=1S/C16H34N2/c1-6-9-18(12-16(4,5)11-17)15-8-7-13(2)10-14(15)3/h13-15H,6-12,17H2,1-5H3. The molecule has 0 aromatic heterocycles. The monoisotopic (exact) mass is 254 g/mol. The molecular formula is C16H34N2. The van der Waals surface area contributed by atoms with Crippen LogP contribution in [0.5, 0.6) is 0 Å². The highest BCUT2D eigenvalue weighted by atomic mass is 15.2. The van der Waals surface area contributed by atoms with Crippen molar-refractivity contribution >= 4 is 0 Å². The first kappa shape index (κ1) is 16.0. The average molecular weight is 254 g/mol. The van der Waals surface area contributed by atoms with Crippen LogP contribution in [0.4, 0.5) is 0 Å². The zero-order valence-corrected chi connectivity index (χ0v) is 13.2. The molecule has 2 heteroatoms. The molecule has 0 spiro atoms. The van der Waals surface area contributed by atoms with E-state index in [2.05, 4.69) is 39.5 Å². The van der Waals surface area contributed by atoms with E-state index in [-0.39, 0.29) is 5.41 Å². The molecule has 1 aliphatic carbocycles. The van der Waals surface area contributed by atoms with Crippen LogP contribution in [0.3, 0.4) is 0 Å². The molecule has 0 radical (unpaired) electrons. The molecular weight excluding hydrogens is 220 g/mol. The molecule has 0 aromatic carbocycles. The second-order valence-electron chi connectivity index (χ2n) is 7.30. The first-order valence-corrected chi connectivity index (χ1v) is 7.83. The van der Waals surface area contributed by atoms with Crippen LogP contribution < -0.4 is 5.73 Å². The number of nitrogens with two attached hydrogens (primary N) is 1. The molecule has 2 nitrogen and oxygen atoms in total. The second kappa shape index (κ2) is 6.91. The van der Waals surface area contributed by atoms with E-state index < -0.39 is 0 Å². The van der Waals surface area contributed by atoms with Crippen LogP contribution in [-0.2, 0) is 0 Å². The number of nitrogens with zero attached hydrogens (tertiary/aromatic N) is 1. The Hall–Kier alpha value is -0.0800. The van der Waals surface area contributed by atoms with Crippen molar-refractivity contribution in [1.29, 1.82) is 0 Å². The number of hydrogen-bond acceptors (Lipinski definition) is 2. The zero-order valence-electron chi connectivity index (χ0n) is 13.2. The number of rotatable bonds is 6. The van der Waals surface area contributed by atoms with Gasteiger partial charge in [0.25, 0.3) is 0 Å². The summed E-state index contributed by atoms with van der Waals surface area (Å²) in [4.78, 5) is 2.73. The molecule has 0 bridgehead atoms. The summed E-state index contributed by atoms with van der Waals surface area (Å²) in [6, 6.07) is 0.784. The van der Waals surface area contributed by atoms with Crippen LogP contribution in [0.1, 0.15) is 60.3 Å². The van der Waals surface area contributed by atoms with Crippen LogP contribution in [0.2, 0.25) is 0 Å². The van der Waals surface area contributed by atoms with Crippen molar-refractivity contribution in [3.05, 3.63) is 0 Å². The Labute approximate surface area is 114 Å². The molecule has 1 aliphatic rings. The van der Waals surface area contributed by atoms with E-state index in [1.807, 2.05) is 0 Å². The quantitative estimate of drug-likeness (QED) is 0.786. The largest absolute Gasteiger partial charge is 0.330 e. The molecule has 18 heavy (non-hydrogen) atoms. The minimum absolute atomic E-state index is 0.248. The lowest BCUT2D eigenvalue weighted by atomic mass is 9.78. The first-order valence-electron chi connectivity index (χ1n) is 7.83. The fourth-order valence-electron chi connectivity index (χ4n) is 3.46. The van der Waals surface area contributed by atoms with Gasteiger partial charge in [-0.15, -0.1) is 0 Å². The Morgan fingerprint density at radius 3 is 2.39 bits per heavy atom. The average Bonchev–Trinajstić information content (AvgIpc) is 2.28. The topological polar surface area (TPSA) is 29.3 Å². The Kier molecular flexibility index (Phi) is 6.13. The zero-order chi connectivity index (χ0) is 13.8. The number of hydrogen-bond donors (Lipinski definition) is 1. The van der Waals surface area contributed by atoms with Gasteiger partial charge in [-0.2, -0.15) is 0 Å². The Morgan fingerprint density at radius 2 is 1.89 bits per heavy atom. The minimum Gasteiger partial charge on any atom is -0.330 e. The summed E-state index contributed by atoms with van der Waals surface area (Å²) in [5.74, 6) is 1.76. The van der Waals surface area contributed by atoms with Gasteiger partial charge in [0.1, 0.15) is 0 Å².